The zero-order valence-electron chi connectivity index (χ0n) is 18.8. The number of carbonyl (C=O) groups is 5. The molecule has 1 aromatic carbocycles. The van der Waals surface area contributed by atoms with Gasteiger partial charge in [0.15, 0.2) is 0 Å². The van der Waals surface area contributed by atoms with Gasteiger partial charge >= 0.3 is 6.18 Å². The Kier molecular flexibility index (Phi) is 6.82. The third kappa shape index (κ3) is 5.30. The lowest BCUT2D eigenvalue weighted by atomic mass is 9.95. The molecule has 3 aliphatic heterocycles. The highest BCUT2D eigenvalue weighted by Crippen LogP contribution is 2.35. The molecule has 0 bridgehead atoms. The molecule has 2 N–H and O–H groups in total. The van der Waals surface area contributed by atoms with E-state index in [1.807, 2.05) is 4.90 Å². The van der Waals surface area contributed by atoms with E-state index in [1.54, 1.807) is 12.1 Å². The first kappa shape index (κ1) is 24.7. The second-order valence-corrected chi connectivity index (χ2v) is 9.00. The summed E-state index contributed by atoms with van der Waals surface area (Å²) in [6, 6.07) is 3.89. The van der Waals surface area contributed by atoms with Crippen molar-refractivity contribution < 1.29 is 37.1 Å². The summed E-state index contributed by atoms with van der Waals surface area (Å²) in [6.07, 6.45) is -4.73. The Labute approximate surface area is 199 Å². The van der Waals surface area contributed by atoms with Crippen LogP contribution < -0.4 is 15.5 Å². The van der Waals surface area contributed by atoms with E-state index >= 15 is 0 Å². The normalized spacial score (nSPS) is 21.3. The molecule has 2 saturated heterocycles. The van der Waals surface area contributed by atoms with Gasteiger partial charge in [-0.25, -0.2) is 0 Å². The highest BCUT2D eigenvalue weighted by Gasteiger charge is 2.46. The quantitative estimate of drug-likeness (QED) is 0.583. The summed E-state index contributed by atoms with van der Waals surface area (Å²) in [7, 11) is 0. The van der Waals surface area contributed by atoms with Crippen LogP contribution in [0.25, 0.3) is 0 Å². The first-order chi connectivity index (χ1) is 16.5. The molecule has 35 heavy (non-hydrogen) atoms. The van der Waals surface area contributed by atoms with E-state index in [4.69, 9.17) is 0 Å². The zero-order valence-corrected chi connectivity index (χ0v) is 18.8. The van der Waals surface area contributed by atoms with Gasteiger partial charge in [-0.1, -0.05) is 6.07 Å². The van der Waals surface area contributed by atoms with Crippen LogP contribution in [0.2, 0.25) is 0 Å². The molecule has 0 spiro atoms. The minimum absolute atomic E-state index is 0.0386. The van der Waals surface area contributed by atoms with Crippen LogP contribution in [0, 0.1) is 5.92 Å². The van der Waals surface area contributed by atoms with Crippen molar-refractivity contribution in [2.24, 2.45) is 5.92 Å². The van der Waals surface area contributed by atoms with Gasteiger partial charge < -0.3 is 10.2 Å². The lowest BCUT2D eigenvalue weighted by molar-refractivity contribution is -0.144. The summed E-state index contributed by atoms with van der Waals surface area (Å²) in [5.41, 5.74) is 1.00. The van der Waals surface area contributed by atoms with Gasteiger partial charge in [-0.3, -0.25) is 34.2 Å². The van der Waals surface area contributed by atoms with Gasteiger partial charge in [0.2, 0.25) is 17.7 Å². The van der Waals surface area contributed by atoms with E-state index < -0.39 is 54.6 Å². The Hall–Kier alpha value is -3.44. The van der Waals surface area contributed by atoms with E-state index in [2.05, 4.69) is 10.6 Å². The molecule has 3 heterocycles. The maximum Gasteiger partial charge on any atom is 0.389 e. The van der Waals surface area contributed by atoms with Gasteiger partial charge in [0.05, 0.1) is 23.2 Å². The smallest absolute Gasteiger partial charge is 0.371 e. The van der Waals surface area contributed by atoms with Crippen molar-refractivity contribution in [1.82, 2.24) is 15.5 Å². The molecule has 2 fully saturated rings. The van der Waals surface area contributed by atoms with Crippen LogP contribution in [0.5, 0.6) is 0 Å². The Morgan fingerprint density at radius 3 is 2.43 bits per heavy atom. The van der Waals surface area contributed by atoms with Crippen molar-refractivity contribution in [3.05, 3.63) is 29.3 Å². The Balaban J connectivity index is 1.38. The zero-order chi connectivity index (χ0) is 25.3. The van der Waals surface area contributed by atoms with Crippen molar-refractivity contribution in [3.63, 3.8) is 0 Å². The topological polar surface area (TPSA) is 116 Å². The average Bonchev–Trinajstić information content (AvgIpc) is 3.06. The van der Waals surface area contributed by atoms with E-state index in [1.165, 1.54) is 6.07 Å². The van der Waals surface area contributed by atoms with Crippen LogP contribution in [0.4, 0.5) is 18.9 Å². The molecule has 4 rings (SSSR count). The molecule has 9 nitrogen and oxygen atoms in total. The molecular weight excluding hydrogens is 469 g/mol. The molecule has 3 aliphatic rings. The summed E-state index contributed by atoms with van der Waals surface area (Å²) in [6.45, 7) is 1.33. The van der Waals surface area contributed by atoms with Gasteiger partial charge in [0, 0.05) is 32.5 Å². The number of fused-ring (bicyclic) bond motifs is 1. The highest BCUT2D eigenvalue weighted by molar-refractivity contribution is 6.25. The number of anilines is 1. The second kappa shape index (κ2) is 9.67. The molecular formula is C23H25F3N4O5. The number of imide groups is 2. The lowest BCUT2D eigenvalue weighted by Gasteiger charge is -2.34. The van der Waals surface area contributed by atoms with Crippen LogP contribution in [0.15, 0.2) is 18.2 Å². The monoisotopic (exact) mass is 494 g/mol. The van der Waals surface area contributed by atoms with Crippen molar-refractivity contribution in [2.75, 3.05) is 24.5 Å². The van der Waals surface area contributed by atoms with E-state index in [0.29, 0.717) is 31.6 Å². The highest BCUT2D eigenvalue weighted by atomic mass is 19.4. The van der Waals surface area contributed by atoms with E-state index in [-0.39, 0.29) is 36.4 Å². The lowest BCUT2D eigenvalue weighted by Crippen LogP contribution is -2.54. The second-order valence-electron chi connectivity index (χ2n) is 9.00. The third-order valence-corrected chi connectivity index (χ3v) is 6.62. The molecule has 1 atom stereocenters. The summed E-state index contributed by atoms with van der Waals surface area (Å²) in [5, 5.41) is 4.73. The van der Waals surface area contributed by atoms with Crippen molar-refractivity contribution in [3.8, 4) is 0 Å². The summed E-state index contributed by atoms with van der Waals surface area (Å²) < 4.78 is 36.8. The van der Waals surface area contributed by atoms with E-state index in [0.717, 1.165) is 4.90 Å². The minimum Gasteiger partial charge on any atom is -0.371 e. The van der Waals surface area contributed by atoms with Crippen molar-refractivity contribution >= 4 is 35.2 Å². The Bertz CT molecular complexity index is 1070. The molecule has 1 aromatic rings. The number of benzene rings is 1. The largest absolute Gasteiger partial charge is 0.389 e. The molecule has 0 aromatic heterocycles. The number of halogens is 3. The number of alkyl halides is 3. The first-order valence-electron chi connectivity index (χ1n) is 11.5. The predicted molar refractivity (Wildman–Crippen MR) is 116 cm³/mol. The van der Waals surface area contributed by atoms with Crippen LogP contribution in [0.1, 0.15) is 59.2 Å². The maximum absolute atomic E-state index is 13.3. The van der Waals surface area contributed by atoms with Crippen molar-refractivity contribution in [1.29, 1.82) is 0 Å². The van der Waals surface area contributed by atoms with Gasteiger partial charge in [-0.15, -0.1) is 0 Å². The van der Waals surface area contributed by atoms with Crippen LogP contribution >= 0.6 is 0 Å². The molecule has 0 aliphatic carbocycles. The van der Waals surface area contributed by atoms with Crippen molar-refractivity contribution in [2.45, 2.75) is 50.7 Å². The van der Waals surface area contributed by atoms with Crippen LogP contribution in [0.3, 0.4) is 0 Å². The number of rotatable bonds is 6. The van der Waals surface area contributed by atoms with Crippen LogP contribution in [-0.4, -0.2) is 66.3 Å². The number of piperidine rings is 2. The fourth-order valence-electron chi connectivity index (χ4n) is 4.74. The SMILES string of the molecule is O=C(CCC(F)(F)F)NCC1CCN(c2cccc3c2C(=O)N(C2CCC(=O)NC2=O)C3=O)CC1. The Morgan fingerprint density at radius 1 is 1.06 bits per heavy atom. The number of hydrogen-bond acceptors (Lipinski definition) is 6. The van der Waals surface area contributed by atoms with Gasteiger partial charge in [0.1, 0.15) is 6.04 Å². The Morgan fingerprint density at radius 2 is 1.77 bits per heavy atom. The maximum atomic E-state index is 13.3. The average molecular weight is 494 g/mol. The number of nitrogens with zero attached hydrogens (tertiary/aromatic N) is 2. The number of nitrogens with one attached hydrogen (secondary N) is 2. The molecule has 5 amide bonds. The molecule has 188 valence electrons. The summed E-state index contributed by atoms with van der Waals surface area (Å²) >= 11 is 0. The number of amides is 5. The fourth-order valence-corrected chi connectivity index (χ4v) is 4.74. The molecule has 1 unspecified atom stereocenters. The minimum atomic E-state index is -4.37. The fraction of sp³-hybridized carbons (Fsp3) is 0.522. The van der Waals surface area contributed by atoms with Gasteiger partial charge in [0.25, 0.3) is 11.8 Å². The molecule has 0 saturated carbocycles. The summed E-state index contributed by atoms with van der Waals surface area (Å²) in [4.78, 5) is 64.6. The van der Waals surface area contributed by atoms with Gasteiger partial charge in [-0.2, -0.15) is 13.2 Å². The molecule has 12 heteroatoms. The summed E-state index contributed by atoms with van der Waals surface area (Å²) in [5.74, 6) is -2.82. The number of hydrogen-bond donors (Lipinski definition) is 2. The third-order valence-electron chi connectivity index (χ3n) is 6.62. The number of carbonyl (C=O) groups excluding carboxylic acids is 5. The standard InChI is InChI=1S/C23H25F3N4O5/c24-23(25,26)9-6-17(31)27-12-13-7-10-29(11-8-13)15-3-1-2-14-19(15)22(35)30(21(14)34)16-4-5-18(32)28-20(16)33/h1-3,13,16H,4-12H2,(H,27,31)(H,28,32,33). The predicted octanol–water partition coefficient (Wildman–Crippen LogP) is 1.76. The van der Waals surface area contributed by atoms with Gasteiger partial charge in [-0.05, 0) is 37.3 Å². The molecule has 0 radical (unpaired) electrons. The van der Waals surface area contributed by atoms with E-state index in [9.17, 15) is 37.1 Å². The first-order valence-corrected chi connectivity index (χ1v) is 11.5. The van der Waals surface area contributed by atoms with Crippen LogP contribution in [-0.2, 0) is 14.4 Å².